The van der Waals surface area contributed by atoms with Crippen LogP contribution in [0, 0.1) is 11.3 Å². The van der Waals surface area contributed by atoms with E-state index in [1.54, 1.807) is 0 Å². The van der Waals surface area contributed by atoms with Gasteiger partial charge in [-0.05, 0) is 30.7 Å². The van der Waals surface area contributed by atoms with Crippen molar-refractivity contribution in [2.45, 2.75) is 52.6 Å². The molecule has 0 saturated heterocycles. The molecule has 0 aliphatic carbocycles. The van der Waals surface area contributed by atoms with Crippen molar-refractivity contribution in [2.24, 2.45) is 11.3 Å². The molecule has 150 valence electrons. The number of nitrogens with one attached hydrogen (secondary N) is 1. The van der Waals surface area contributed by atoms with Crippen LogP contribution in [0.15, 0.2) is 55.1 Å². The molecule has 0 aliphatic heterocycles. The van der Waals surface area contributed by atoms with Crippen LogP contribution >= 0.6 is 0 Å². The normalized spacial score (nSPS) is 15.3. The first-order valence-electron chi connectivity index (χ1n) is 9.67. The van der Waals surface area contributed by atoms with E-state index in [0.717, 1.165) is 12.8 Å². The summed E-state index contributed by atoms with van der Waals surface area (Å²) in [5.41, 5.74) is 0.883. The topological polar surface area (TPSA) is 58.6 Å². The second-order valence-corrected chi connectivity index (χ2v) is 7.78. The van der Waals surface area contributed by atoms with E-state index < -0.39 is 0 Å². The number of aliphatic hydroxyl groups is 1. The Bertz CT molecular complexity index is 589. The summed E-state index contributed by atoms with van der Waals surface area (Å²) in [7, 11) is 0. The number of hydrogen-bond acceptors (Lipinski definition) is 4. The fraction of sp³-hybridized carbons (Fsp3) is 0.522. The van der Waals surface area contributed by atoms with Gasteiger partial charge in [0.25, 0.3) is 0 Å². The number of rotatable bonds is 11. The van der Waals surface area contributed by atoms with E-state index in [9.17, 15) is 4.79 Å². The van der Waals surface area contributed by atoms with Crippen molar-refractivity contribution in [3.05, 3.63) is 60.7 Å². The molecular weight excluding hydrogens is 338 g/mol. The zero-order valence-corrected chi connectivity index (χ0v) is 17.2. The summed E-state index contributed by atoms with van der Waals surface area (Å²) in [5.74, 6) is -0.669. The highest BCUT2D eigenvalue weighted by atomic mass is 16.5. The van der Waals surface area contributed by atoms with Crippen LogP contribution in [-0.4, -0.2) is 30.3 Å². The average molecular weight is 374 g/mol. The first-order chi connectivity index (χ1) is 12.8. The van der Waals surface area contributed by atoms with Crippen molar-refractivity contribution in [1.29, 1.82) is 0 Å². The molecule has 4 nitrogen and oxygen atoms in total. The Labute approximate surface area is 164 Å². The van der Waals surface area contributed by atoms with Gasteiger partial charge in [-0.2, -0.15) is 0 Å². The van der Waals surface area contributed by atoms with Crippen molar-refractivity contribution in [2.75, 3.05) is 13.2 Å². The molecule has 3 atom stereocenters. The van der Waals surface area contributed by atoms with Crippen LogP contribution in [0.4, 0.5) is 0 Å². The zero-order valence-electron chi connectivity index (χ0n) is 17.2. The van der Waals surface area contributed by atoms with Gasteiger partial charge in [-0.25, -0.2) is 0 Å². The highest BCUT2D eigenvalue weighted by molar-refractivity contribution is 5.74. The standard InChI is InChI=1S/C23H35NO3/c1-6-8-15-19(18-13-10-9-11-14-18)24-20(12-7-2)21(23(3,4)5)22(26)27-17-16-25/h6-7,9-14,19-21,24-25H,1,8,15-17H2,2-5H3/b12-7+. The van der Waals surface area contributed by atoms with E-state index in [0.29, 0.717) is 0 Å². The Kier molecular flexibility index (Phi) is 10.0. The number of carbonyl (C=O) groups is 1. The molecule has 27 heavy (non-hydrogen) atoms. The molecule has 0 heterocycles. The van der Waals surface area contributed by atoms with Gasteiger partial charge in [0, 0.05) is 12.1 Å². The summed E-state index contributed by atoms with van der Waals surface area (Å²) in [6.45, 7) is 11.8. The molecule has 4 heteroatoms. The highest BCUT2D eigenvalue weighted by Gasteiger charge is 2.39. The van der Waals surface area contributed by atoms with Gasteiger partial charge in [0.15, 0.2) is 0 Å². The van der Waals surface area contributed by atoms with E-state index in [-0.39, 0.29) is 42.6 Å². The summed E-state index contributed by atoms with van der Waals surface area (Å²) in [4.78, 5) is 12.8. The molecule has 1 rings (SSSR count). The summed E-state index contributed by atoms with van der Waals surface area (Å²) in [5, 5.41) is 12.7. The minimum Gasteiger partial charge on any atom is -0.463 e. The molecule has 0 aliphatic rings. The van der Waals surface area contributed by atoms with Crippen LogP contribution in [-0.2, 0) is 9.53 Å². The Balaban J connectivity index is 3.16. The van der Waals surface area contributed by atoms with E-state index in [1.165, 1.54) is 5.56 Å². The molecule has 1 aromatic rings. The van der Waals surface area contributed by atoms with Gasteiger partial charge in [0.05, 0.1) is 12.5 Å². The Morgan fingerprint density at radius 2 is 1.96 bits per heavy atom. The fourth-order valence-electron chi connectivity index (χ4n) is 3.29. The third-order valence-corrected chi connectivity index (χ3v) is 4.54. The minimum absolute atomic E-state index is 0.0204. The molecule has 0 spiro atoms. The lowest BCUT2D eigenvalue weighted by Gasteiger charge is -2.36. The Morgan fingerprint density at radius 3 is 2.48 bits per heavy atom. The lowest BCUT2D eigenvalue weighted by Crippen LogP contribution is -2.47. The first kappa shape index (κ1) is 23.1. The highest BCUT2D eigenvalue weighted by Crippen LogP contribution is 2.32. The number of ether oxygens (including phenoxy) is 1. The molecule has 2 N–H and O–H groups in total. The zero-order chi connectivity index (χ0) is 20.3. The fourth-order valence-corrected chi connectivity index (χ4v) is 3.29. The number of hydrogen-bond donors (Lipinski definition) is 2. The number of esters is 1. The summed E-state index contributed by atoms with van der Waals surface area (Å²) < 4.78 is 5.30. The molecule has 0 aromatic heterocycles. The number of carbonyl (C=O) groups excluding carboxylic acids is 1. The van der Waals surface area contributed by atoms with E-state index >= 15 is 0 Å². The van der Waals surface area contributed by atoms with Crippen LogP contribution in [0.5, 0.6) is 0 Å². The van der Waals surface area contributed by atoms with Gasteiger partial charge in [0.1, 0.15) is 6.61 Å². The maximum atomic E-state index is 12.8. The van der Waals surface area contributed by atoms with Gasteiger partial charge in [-0.15, -0.1) is 6.58 Å². The smallest absolute Gasteiger partial charge is 0.311 e. The third kappa shape index (κ3) is 7.69. The van der Waals surface area contributed by atoms with Crippen molar-refractivity contribution >= 4 is 5.97 Å². The second kappa shape index (κ2) is 11.7. The van der Waals surface area contributed by atoms with Crippen LogP contribution in [0.3, 0.4) is 0 Å². The summed E-state index contributed by atoms with van der Waals surface area (Å²) in [6.07, 6.45) is 7.68. The van der Waals surface area contributed by atoms with Crippen molar-refractivity contribution in [3.8, 4) is 0 Å². The maximum absolute atomic E-state index is 12.8. The van der Waals surface area contributed by atoms with Crippen molar-refractivity contribution in [3.63, 3.8) is 0 Å². The quantitative estimate of drug-likeness (QED) is 0.445. The first-order valence-corrected chi connectivity index (χ1v) is 9.67. The van der Waals surface area contributed by atoms with Gasteiger partial charge in [-0.3, -0.25) is 4.79 Å². The Morgan fingerprint density at radius 1 is 1.30 bits per heavy atom. The number of aliphatic hydroxyl groups excluding tert-OH is 1. The predicted octanol–water partition coefficient (Wildman–Crippen LogP) is 4.43. The lowest BCUT2D eigenvalue weighted by atomic mass is 9.75. The SMILES string of the molecule is C=CCCC(NC(/C=C/C)C(C(=O)OCCO)C(C)(C)C)c1ccccc1. The monoisotopic (exact) mass is 373 g/mol. The maximum Gasteiger partial charge on any atom is 0.311 e. The molecule has 0 bridgehead atoms. The molecule has 0 saturated carbocycles. The van der Waals surface area contributed by atoms with Crippen LogP contribution in [0.25, 0.3) is 0 Å². The van der Waals surface area contributed by atoms with E-state index in [4.69, 9.17) is 9.84 Å². The molecule has 3 unspecified atom stereocenters. The summed E-state index contributed by atoms with van der Waals surface area (Å²) >= 11 is 0. The summed E-state index contributed by atoms with van der Waals surface area (Å²) in [6, 6.07) is 10.2. The van der Waals surface area contributed by atoms with Gasteiger partial charge in [-0.1, -0.05) is 69.3 Å². The van der Waals surface area contributed by atoms with E-state index in [1.807, 2.05) is 64.1 Å². The van der Waals surface area contributed by atoms with Gasteiger partial charge in [0.2, 0.25) is 0 Å². The van der Waals surface area contributed by atoms with Crippen LogP contribution < -0.4 is 5.32 Å². The van der Waals surface area contributed by atoms with Gasteiger partial charge >= 0.3 is 5.97 Å². The Hall–Kier alpha value is -1.91. The van der Waals surface area contributed by atoms with Crippen LogP contribution in [0.1, 0.15) is 52.1 Å². The number of allylic oxidation sites excluding steroid dienone is 2. The molecule has 0 radical (unpaired) electrons. The molecule has 0 fully saturated rings. The van der Waals surface area contributed by atoms with Crippen molar-refractivity contribution < 1.29 is 14.6 Å². The molecule has 1 aromatic carbocycles. The number of benzene rings is 1. The third-order valence-electron chi connectivity index (χ3n) is 4.54. The molecule has 0 amide bonds. The average Bonchev–Trinajstić information content (AvgIpc) is 2.63. The van der Waals surface area contributed by atoms with Gasteiger partial charge < -0.3 is 15.2 Å². The predicted molar refractivity (Wildman–Crippen MR) is 111 cm³/mol. The lowest BCUT2D eigenvalue weighted by molar-refractivity contribution is -0.154. The second-order valence-electron chi connectivity index (χ2n) is 7.78. The van der Waals surface area contributed by atoms with Crippen LogP contribution in [0.2, 0.25) is 0 Å². The minimum atomic E-state index is -0.379. The van der Waals surface area contributed by atoms with Crippen molar-refractivity contribution in [1.82, 2.24) is 5.32 Å². The van der Waals surface area contributed by atoms with E-state index in [2.05, 4.69) is 24.0 Å². The molecular formula is C23H35NO3. The largest absolute Gasteiger partial charge is 0.463 e.